The number of nitrogens with zero attached hydrogens (tertiary/aromatic N) is 2. The highest BCUT2D eigenvalue weighted by Crippen LogP contribution is 2.24. The van der Waals surface area contributed by atoms with Gasteiger partial charge in [-0.3, -0.25) is 9.59 Å². The molecule has 0 aliphatic carbocycles. The fourth-order valence-electron chi connectivity index (χ4n) is 3.83. The average molecular weight is 524 g/mol. The largest absolute Gasteiger partial charge is 0.497 e. The van der Waals surface area contributed by atoms with Crippen molar-refractivity contribution in [3.8, 4) is 5.75 Å². The molecule has 1 unspecified atom stereocenters. The van der Waals surface area contributed by atoms with E-state index in [1.807, 2.05) is 60.7 Å². The van der Waals surface area contributed by atoms with Crippen molar-refractivity contribution >= 4 is 21.8 Å². The van der Waals surface area contributed by atoms with Crippen LogP contribution in [0.5, 0.6) is 5.75 Å². The molecule has 0 saturated heterocycles. The maximum Gasteiger partial charge on any atom is 0.247 e. The lowest BCUT2D eigenvalue weighted by Gasteiger charge is -2.32. The molecule has 0 heterocycles. The van der Waals surface area contributed by atoms with Crippen LogP contribution in [0.1, 0.15) is 22.7 Å². The second-order valence-electron chi connectivity index (χ2n) is 8.73. The minimum Gasteiger partial charge on any atom is -0.497 e. The van der Waals surface area contributed by atoms with Gasteiger partial charge in [0.05, 0.1) is 19.9 Å². The maximum atomic E-state index is 13.6. The monoisotopic (exact) mass is 523 g/mol. The maximum absolute atomic E-state index is 13.6. The molecule has 3 aromatic carbocycles. The third-order valence-electron chi connectivity index (χ3n) is 5.99. The molecule has 196 valence electrons. The van der Waals surface area contributed by atoms with Crippen LogP contribution < -0.4 is 10.1 Å². The van der Waals surface area contributed by atoms with E-state index in [1.54, 1.807) is 31.4 Å². The summed E-state index contributed by atoms with van der Waals surface area (Å²) >= 11 is 0. The number of ether oxygens (including phenoxy) is 1. The van der Waals surface area contributed by atoms with Crippen LogP contribution in [0.4, 0.5) is 0 Å². The zero-order chi connectivity index (χ0) is 26.8. The van der Waals surface area contributed by atoms with Gasteiger partial charge in [0.1, 0.15) is 11.8 Å². The fourth-order valence-corrected chi connectivity index (χ4v) is 4.17. The first-order chi connectivity index (χ1) is 17.7. The summed E-state index contributed by atoms with van der Waals surface area (Å²) < 4.78 is 30.2. The van der Waals surface area contributed by atoms with Gasteiger partial charge in [0.2, 0.25) is 21.8 Å². The molecule has 2 amide bonds. The molecule has 0 aliphatic heterocycles. The van der Waals surface area contributed by atoms with Crippen LogP contribution in [0, 0.1) is 0 Å². The Balaban J connectivity index is 1.87. The lowest BCUT2D eigenvalue weighted by Crippen LogP contribution is -2.47. The number of benzene rings is 3. The Bertz CT molecular complexity index is 1270. The van der Waals surface area contributed by atoms with Crippen LogP contribution in [-0.4, -0.2) is 62.9 Å². The molecule has 0 radical (unpaired) electrons. The lowest BCUT2D eigenvalue weighted by atomic mass is 10.0. The van der Waals surface area contributed by atoms with Gasteiger partial charge in [-0.25, -0.2) is 8.42 Å². The van der Waals surface area contributed by atoms with E-state index >= 15 is 0 Å². The van der Waals surface area contributed by atoms with Gasteiger partial charge in [-0.1, -0.05) is 72.8 Å². The van der Waals surface area contributed by atoms with Gasteiger partial charge in [-0.2, -0.15) is 4.31 Å². The molecule has 9 heteroatoms. The van der Waals surface area contributed by atoms with Crippen LogP contribution in [0.25, 0.3) is 0 Å². The number of amides is 2. The van der Waals surface area contributed by atoms with Crippen LogP contribution in [0.15, 0.2) is 84.9 Å². The summed E-state index contributed by atoms with van der Waals surface area (Å²) in [6.45, 7) is 0.127. The Morgan fingerprint density at radius 3 is 2.05 bits per heavy atom. The number of hydrogen-bond acceptors (Lipinski definition) is 5. The normalized spacial score (nSPS) is 12.1. The summed E-state index contributed by atoms with van der Waals surface area (Å²) in [7, 11) is -0.635. The van der Waals surface area contributed by atoms with E-state index in [2.05, 4.69) is 5.32 Å². The second-order valence-corrected chi connectivity index (χ2v) is 10.8. The number of rotatable bonds is 12. The van der Waals surface area contributed by atoms with Crippen molar-refractivity contribution in [2.45, 2.75) is 19.0 Å². The summed E-state index contributed by atoms with van der Waals surface area (Å²) in [5, 5.41) is 2.97. The van der Waals surface area contributed by atoms with Crippen molar-refractivity contribution in [2.75, 3.05) is 33.5 Å². The van der Waals surface area contributed by atoms with Crippen LogP contribution >= 0.6 is 0 Å². The van der Waals surface area contributed by atoms with Crippen LogP contribution in [0.2, 0.25) is 0 Å². The Morgan fingerprint density at radius 1 is 0.892 bits per heavy atom. The molecule has 0 aromatic heterocycles. The zero-order valence-electron chi connectivity index (χ0n) is 21.3. The van der Waals surface area contributed by atoms with Crippen LogP contribution in [0.3, 0.4) is 0 Å². The molecule has 0 saturated carbocycles. The third-order valence-corrected chi connectivity index (χ3v) is 7.25. The van der Waals surface area contributed by atoms with E-state index in [0.717, 1.165) is 27.4 Å². The summed E-state index contributed by atoms with van der Waals surface area (Å²) in [6, 6.07) is 25.0. The van der Waals surface area contributed by atoms with Gasteiger partial charge in [0.15, 0.2) is 0 Å². The third kappa shape index (κ3) is 8.16. The summed E-state index contributed by atoms with van der Waals surface area (Å²) in [5.41, 5.74) is 2.49. The van der Waals surface area contributed by atoms with E-state index < -0.39 is 22.0 Å². The molecule has 0 aliphatic rings. The smallest absolute Gasteiger partial charge is 0.247 e. The van der Waals surface area contributed by atoms with Crippen molar-refractivity contribution in [3.63, 3.8) is 0 Å². The SMILES string of the molecule is COc1ccc(CCNC(=O)C(c2ccccc2)N(Cc2ccccc2)C(=O)CN(C)S(C)(=O)=O)cc1. The Labute approximate surface area is 218 Å². The van der Waals surface area contributed by atoms with Crippen molar-refractivity contribution in [3.05, 3.63) is 102 Å². The number of hydrogen-bond donors (Lipinski definition) is 1. The Kier molecular flexibility index (Phi) is 9.82. The first-order valence-electron chi connectivity index (χ1n) is 11.9. The molecule has 0 fully saturated rings. The first kappa shape index (κ1) is 27.9. The zero-order valence-corrected chi connectivity index (χ0v) is 22.1. The van der Waals surface area contributed by atoms with Gasteiger partial charge >= 0.3 is 0 Å². The number of sulfonamides is 1. The number of carbonyl (C=O) groups is 2. The molecule has 0 bridgehead atoms. The molecule has 0 spiro atoms. The summed E-state index contributed by atoms with van der Waals surface area (Å²) in [4.78, 5) is 28.5. The molecule has 1 atom stereocenters. The molecule has 8 nitrogen and oxygen atoms in total. The number of carbonyl (C=O) groups excluding carboxylic acids is 2. The van der Waals surface area contributed by atoms with Gasteiger partial charge < -0.3 is 15.0 Å². The minimum absolute atomic E-state index is 0.142. The highest BCUT2D eigenvalue weighted by Gasteiger charge is 2.32. The summed E-state index contributed by atoms with van der Waals surface area (Å²) in [5.74, 6) is -0.0620. The van der Waals surface area contributed by atoms with Gasteiger partial charge in [0, 0.05) is 20.1 Å². The molecular formula is C28H33N3O5S. The Morgan fingerprint density at radius 2 is 1.49 bits per heavy atom. The summed E-state index contributed by atoms with van der Waals surface area (Å²) in [6.07, 6.45) is 1.64. The van der Waals surface area contributed by atoms with E-state index in [9.17, 15) is 18.0 Å². The van der Waals surface area contributed by atoms with Crippen molar-refractivity contribution in [1.29, 1.82) is 0 Å². The second kappa shape index (κ2) is 13.0. The first-order valence-corrected chi connectivity index (χ1v) is 13.7. The quantitative estimate of drug-likeness (QED) is 0.394. The van der Waals surface area contributed by atoms with E-state index in [-0.39, 0.29) is 19.0 Å². The minimum atomic E-state index is -3.59. The Hall–Kier alpha value is -3.69. The molecule has 3 rings (SSSR count). The topological polar surface area (TPSA) is 96.0 Å². The van der Waals surface area contributed by atoms with Gasteiger partial charge in [-0.05, 0) is 35.2 Å². The molecule has 1 N–H and O–H groups in total. The van der Waals surface area contributed by atoms with Gasteiger partial charge in [0.25, 0.3) is 0 Å². The fraction of sp³-hybridized carbons (Fsp3) is 0.286. The highest BCUT2D eigenvalue weighted by molar-refractivity contribution is 7.88. The number of methoxy groups -OCH3 is 1. The predicted molar refractivity (Wildman–Crippen MR) is 143 cm³/mol. The van der Waals surface area contributed by atoms with E-state index in [0.29, 0.717) is 18.5 Å². The van der Waals surface area contributed by atoms with Crippen molar-refractivity contribution in [2.24, 2.45) is 0 Å². The standard InChI is InChI=1S/C28H33N3O5S/c1-30(37(3,34)35)21-26(32)31(20-23-10-6-4-7-11-23)27(24-12-8-5-9-13-24)28(33)29-19-18-22-14-16-25(36-2)17-15-22/h4-17,27H,18-21H2,1-3H3,(H,29,33). The average Bonchev–Trinajstić information content (AvgIpc) is 2.89. The van der Waals surface area contributed by atoms with Crippen molar-refractivity contribution < 1.29 is 22.7 Å². The predicted octanol–water partition coefficient (Wildman–Crippen LogP) is 3.02. The molecule has 3 aromatic rings. The van der Waals surface area contributed by atoms with E-state index in [4.69, 9.17) is 4.74 Å². The van der Waals surface area contributed by atoms with Crippen LogP contribution in [-0.2, 0) is 32.6 Å². The lowest BCUT2D eigenvalue weighted by molar-refractivity contribution is -0.141. The number of nitrogens with one attached hydrogen (secondary N) is 1. The van der Waals surface area contributed by atoms with Crippen molar-refractivity contribution in [1.82, 2.24) is 14.5 Å². The molecule has 37 heavy (non-hydrogen) atoms. The number of likely N-dealkylation sites (N-methyl/N-ethyl adjacent to an activating group) is 1. The molecular weight excluding hydrogens is 490 g/mol. The highest BCUT2D eigenvalue weighted by atomic mass is 32.2. The van der Waals surface area contributed by atoms with E-state index in [1.165, 1.54) is 11.9 Å². The van der Waals surface area contributed by atoms with Gasteiger partial charge in [-0.15, -0.1) is 0 Å².